The second-order valence-electron chi connectivity index (χ2n) is 4.90. The molecule has 0 bridgehead atoms. The smallest absolute Gasteiger partial charge is 0.119 e. The predicted octanol–water partition coefficient (Wildman–Crippen LogP) is 4.87. The van der Waals surface area contributed by atoms with Crippen molar-refractivity contribution in [1.29, 1.82) is 0 Å². The van der Waals surface area contributed by atoms with Gasteiger partial charge in [0.2, 0.25) is 0 Å². The summed E-state index contributed by atoms with van der Waals surface area (Å²) >= 11 is 1.73. The number of ether oxygens (including phenoxy) is 1. The van der Waals surface area contributed by atoms with Gasteiger partial charge in [-0.25, -0.2) is 0 Å². The van der Waals surface area contributed by atoms with Gasteiger partial charge < -0.3 is 10.1 Å². The molecule has 0 amide bonds. The first kappa shape index (κ1) is 13.9. The van der Waals surface area contributed by atoms with Gasteiger partial charge in [-0.15, -0.1) is 11.3 Å². The minimum Gasteiger partial charge on any atom is -0.494 e. The topological polar surface area (TPSA) is 34.1 Å². The van der Waals surface area contributed by atoms with Gasteiger partial charge in [0.1, 0.15) is 5.75 Å². The van der Waals surface area contributed by atoms with E-state index in [4.69, 9.17) is 4.74 Å². The average Bonchev–Trinajstić information content (AvgIpc) is 2.97. The third kappa shape index (κ3) is 3.16. The molecule has 2 aromatic heterocycles. The van der Waals surface area contributed by atoms with Crippen molar-refractivity contribution in [2.45, 2.75) is 19.9 Å². The molecular formula is C17H18N2OS. The van der Waals surface area contributed by atoms with E-state index < -0.39 is 0 Å². The molecule has 0 aliphatic carbocycles. The maximum Gasteiger partial charge on any atom is 0.119 e. The van der Waals surface area contributed by atoms with Crippen LogP contribution in [-0.2, 0) is 0 Å². The van der Waals surface area contributed by atoms with Gasteiger partial charge in [-0.05, 0) is 61.2 Å². The fourth-order valence-corrected chi connectivity index (χ4v) is 3.03. The number of hydrogen-bond acceptors (Lipinski definition) is 4. The number of rotatable bonds is 5. The number of anilines is 1. The normalized spacial score (nSPS) is 12.3. The first-order valence-electron chi connectivity index (χ1n) is 7.09. The fraction of sp³-hybridized carbons (Fsp3) is 0.235. The average molecular weight is 298 g/mol. The van der Waals surface area contributed by atoms with Crippen LogP contribution in [0, 0.1) is 0 Å². The van der Waals surface area contributed by atoms with Gasteiger partial charge in [-0.3, -0.25) is 4.98 Å². The Labute approximate surface area is 128 Å². The number of benzene rings is 1. The van der Waals surface area contributed by atoms with Crippen molar-refractivity contribution in [2.24, 2.45) is 0 Å². The van der Waals surface area contributed by atoms with Gasteiger partial charge in [0.05, 0.1) is 22.9 Å². The third-order valence-corrected chi connectivity index (χ3v) is 4.23. The molecule has 3 aromatic rings. The molecule has 108 valence electrons. The Morgan fingerprint density at radius 3 is 2.81 bits per heavy atom. The molecule has 0 spiro atoms. The summed E-state index contributed by atoms with van der Waals surface area (Å²) in [4.78, 5) is 4.49. The minimum atomic E-state index is 0.210. The zero-order valence-electron chi connectivity index (χ0n) is 12.2. The zero-order valence-corrected chi connectivity index (χ0v) is 13.0. The molecule has 1 N–H and O–H groups in total. The third-order valence-electron chi connectivity index (χ3n) is 3.37. The molecule has 0 radical (unpaired) electrons. The Bertz CT molecular complexity index is 721. The zero-order chi connectivity index (χ0) is 14.7. The second kappa shape index (κ2) is 6.14. The molecule has 21 heavy (non-hydrogen) atoms. The monoisotopic (exact) mass is 298 g/mol. The Hall–Kier alpha value is -2.07. The SMILES string of the molecule is CCOc1ccc(NC(C)c2cnc3ccsc3c2)cc1. The highest BCUT2D eigenvalue weighted by Gasteiger charge is 2.07. The molecule has 0 saturated carbocycles. The molecule has 0 saturated heterocycles. The lowest BCUT2D eigenvalue weighted by Gasteiger charge is -2.16. The van der Waals surface area contributed by atoms with Crippen LogP contribution in [-0.4, -0.2) is 11.6 Å². The van der Waals surface area contributed by atoms with E-state index in [-0.39, 0.29) is 6.04 Å². The van der Waals surface area contributed by atoms with Crippen molar-refractivity contribution in [3.8, 4) is 5.75 Å². The molecule has 3 nitrogen and oxygen atoms in total. The van der Waals surface area contributed by atoms with E-state index in [1.807, 2.05) is 43.5 Å². The largest absolute Gasteiger partial charge is 0.494 e. The molecular weight excluding hydrogens is 280 g/mol. The first-order valence-corrected chi connectivity index (χ1v) is 7.97. The summed E-state index contributed by atoms with van der Waals surface area (Å²) in [5.74, 6) is 0.900. The van der Waals surface area contributed by atoms with E-state index in [9.17, 15) is 0 Å². The maximum atomic E-state index is 5.45. The van der Waals surface area contributed by atoms with E-state index in [1.165, 1.54) is 10.3 Å². The predicted molar refractivity (Wildman–Crippen MR) is 89.3 cm³/mol. The number of pyridine rings is 1. The fourth-order valence-electron chi connectivity index (χ4n) is 2.25. The van der Waals surface area contributed by atoms with Crippen molar-refractivity contribution < 1.29 is 4.74 Å². The summed E-state index contributed by atoms with van der Waals surface area (Å²) in [5.41, 5.74) is 3.34. The van der Waals surface area contributed by atoms with Gasteiger partial charge in [-0.2, -0.15) is 0 Å². The highest BCUT2D eigenvalue weighted by molar-refractivity contribution is 7.17. The number of hydrogen-bond donors (Lipinski definition) is 1. The highest BCUT2D eigenvalue weighted by atomic mass is 32.1. The summed E-state index contributed by atoms with van der Waals surface area (Å²) < 4.78 is 6.68. The van der Waals surface area contributed by atoms with Crippen molar-refractivity contribution in [2.75, 3.05) is 11.9 Å². The minimum absolute atomic E-state index is 0.210. The van der Waals surface area contributed by atoms with Gasteiger partial charge in [0.25, 0.3) is 0 Å². The van der Waals surface area contributed by atoms with Crippen molar-refractivity contribution in [3.05, 3.63) is 53.5 Å². The molecule has 1 unspecified atom stereocenters. The molecule has 3 rings (SSSR count). The Balaban J connectivity index is 1.73. The highest BCUT2D eigenvalue weighted by Crippen LogP contribution is 2.25. The Kier molecular flexibility index (Phi) is 4.06. The lowest BCUT2D eigenvalue weighted by atomic mass is 10.1. The van der Waals surface area contributed by atoms with E-state index in [0.29, 0.717) is 6.61 Å². The summed E-state index contributed by atoms with van der Waals surface area (Å²) in [6, 6.07) is 12.5. The number of fused-ring (bicyclic) bond motifs is 1. The number of thiophene rings is 1. The van der Waals surface area contributed by atoms with Gasteiger partial charge >= 0.3 is 0 Å². The lowest BCUT2D eigenvalue weighted by Crippen LogP contribution is -2.06. The van der Waals surface area contributed by atoms with Crippen LogP contribution in [0.5, 0.6) is 5.75 Å². The van der Waals surface area contributed by atoms with E-state index in [0.717, 1.165) is 17.0 Å². The molecule has 1 aromatic carbocycles. The summed E-state index contributed by atoms with van der Waals surface area (Å²) in [7, 11) is 0. The van der Waals surface area contributed by atoms with Crippen LogP contribution in [0.1, 0.15) is 25.5 Å². The van der Waals surface area contributed by atoms with Crippen LogP contribution in [0.25, 0.3) is 10.2 Å². The number of aromatic nitrogens is 1. The van der Waals surface area contributed by atoms with Crippen LogP contribution in [0.3, 0.4) is 0 Å². The van der Waals surface area contributed by atoms with Crippen LogP contribution in [0.4, 0.5) is 5.69 Å². The lowest BCUT2D eigenvalue weighted by molar-refractivity contribution is 0.340. The van der Waals surface area contributed by atoms with Crippen LogP contribution in [0.2, 0.25) is 0 Å². The molecule has 2 heterocycles. The van der Waals surface area contributed by atoms with E-state index in [1.54, 1.807) is 11.3 Å². The quantitative estimate of drug-likeness (QED) is 0.730. The van der Waals surface area contributed by atoms with Crippen molar-refractivity contribution in [1.82, 2.24) is 4.98 Å². The van der Waals surface area contributed by atoms with E-state index >= 15 is 0 Å². The number of nitrogens with zero attached hydrogens (tertiary/aromatic N) is 1. The van der Waals surface area contributed by atoms with Crippen molar-refractivity contribution >= 4 is 27.2 Å². The molecule has 0 aliphatic rings. The number of nitrogens with one attached hydrogen (secondary N) is 1. The molecule has 0 fully saturated rings. The standard InChI is InChI=1S/C17H18N2OS/c1-3-20-15-6-4-14(5-7-15)19-12(2)13-10-17-16(18-11-13)8-9-21-17/h4-12,19H,3H2,1-2H3. The Morgan fingerprint density at radius 2 is 2.05 bits per heavy atom. The molecule has 4 heteroatoms. The first-order chi connectivity index (χ1) is 10.3. The van der Waals surface area contributed by atoms with Crippen LogP contribution < -0.4 is 10.1 Å². The summed E-state index contributed by atoms with van der Waals surface area (Å²) in [6.45, 7) is 4.82. The van der Waals surface area contributed by atoms with E-state index in [2.05, 4.69) is 28.7 Å². The van der Waals surface area contributed by atoms with Crippen molar-refractivity contribution in [3.63, 3.8) is 0 Å². The van der Waals surface area contributed by atoms with Gasteiger partial charge in [0, 0.05) is 11.9 Å². The molecule has 1 atom stereocenters. The summed E-state index contributed by atoms with van der Waals surface area (Å²) in [5, 5.41) is 5.57. The second-order valence-corrected chi connectivity index (χ2v) is 5.84. The van der Waals surface area contributed by atoms with Gasteiger partial charge in [0.15, 0.2) is 0 Å². The maximum absolute atomic E-state index is 5.45. The molecule has 0 aliphatic heterocycles. The Morgan fingerprint density at radius 1 is 1.24 bits per heavy atom. The van der Waals surface area contributed by atoms with Crippen LogP contribution in [0.15, 0.2) is 48.0 Å². The van der Waals surface area contributed by atoms with Crippen LogP contribution >= 0.6 is 11.3 Å². The summed E-state index contributed by atoms with van der Waals surface area (Å²) in [6.07, 6.45) is 1.95. The van der Waals surface area contributed by atoms with Gasteiger partial charge in [-0.1, -0.05) is 0 Å².